The Morgan fingerprint density at radius 1 is 1.31 bits per heavy atom. The van der Waals surface area contributed by atoms with Crippen molar-refractivity contribution in [2.24, 2.45) is 17.8 Å². The fourth-order valence-electron chi connectivity index (χ4n) is 3.81. The van der Waals surface area contributed by atoms with Crippen LogP contribution in [0.3, 0.4) is 0 Å². The van der Waals surface area contributed by atoms with Crippen LogP contribution in [0, 0.1) is 27.9 Å². The molecule has 0 saturated heterocycles. The average molecular weight is 406 g/mol. The summed E-state index contributed by atoms with van der Waals surface area (Å²) in [6.45, 7) is 8.18. The molecule has 0 spiro atoms. The molecule has 3 unspecified atom stereocenters. The molecule has 0 heterocycles. The van der Waals surface area contributed by atoms with Gasteiger partial charge in [-0.25, -0.2) is 9.59 Å². The fourth-order valence-corrected chi connectivity index (χ4v) is 3.81. The van der Waals surface area contributed by atoms with Crippen molar-refractivity contribution in [1.29, 1.82) is 0 Å². The summed E-state index contributed by atoms with van der Waals surface area (Å²) in [5.41, 5.74) is 0.108. The van der Waals surface area contributed by atoms with E-state index in [-0.39, 0.29) is 17.4 Å². The van der Waals surface area contributed by atoms with E-state index in [1.54, 1.807) is 0 Å². The van der Waals surface area contributed by atoms with E-state index in [2.05, 4.69) is 26.1 Å². The maximum atomic E-state index is 12.2. The van der Waals surface area contributed by atoms with Crippen molar-refractivity contribution in [2.45, 2.75) is 53.1 Å². The molecule has 1 aliphatic rings. The smallest absolute Gasteiger partial charge is 0.344 e. The molecule has 0 aliphatic heterocycles. The van der Waals surface area contributed by atoms with Gasteiger partial charge in [-0.3, -0.25) is 10.1 Å². The summed E-state index contributed by atoms with van der Waals surface area (Å²) >= 11 is 0. The molecular weight excluding hydrogens is 376 g/mol. The molecule has 1 aromatic carbocycles. The number of nitro groups is 1. The van der Waals surface area contributed by atoms with E-state index in [9.17, 15) is 19.7 Å². The molecule has 160 valence electrons. The fraction of sp³-hybridized carbons (Fsp3) is 0.619. The van der Waals surface area contributed by atoms with Crippen LogP contribution in [0.2, 0.25) is 0 Å². The molecule has 8 heteroatoms. The Hall–Kier alpha value is -2.64. The Labute approximate surface area is 171 Å². The van der Waals surface area contributed by atoms with Gasteiger partial charge in [-0.1, -0.05) is 27.2 Å². The molecule has 1 saturated carbocycles. The van der Waals surface area contributed by atoms with E-state index in [1.807, 2.05) is 6.92 Å². The van der Waals surface area contributed by atoms with Crippen LogP contribution in [0.15, 0.2) is 18.2 Å². The van der Waals surface area contributed by atoms with Crippen LogP contribution in [0.1, 0.15) is 57.3 Å². The summed E-state index contributed by atoms with van der Waals surface area (Å²) in [5.74, 6) is -0.209. The molecule has 8 nitrogen and oxygen atoms in total. The highest BCUT2D eigenvalue weighted by atomic mass is 16.6. The van der Waals surface area contributed by atoms with Crippen LogP contribution < -0.4 is 5.32 Å². The number of nitrogens with one attached hydrogen (secondary N) is 1. The second-order valence-electron chi connectivity index (χ2n) is 7.95. The molecule has 29 heavy (non-hydrogen) atoms. The lowest BCUT2D eigenvalue weighted by Gasteiger charge is -2.36. The van der Waals surface area contributed by atoms with Crippen LogP contribution in [-0.4, -0.2) is 36.1 Å². The van der Waals surface area contributed by atoms with Crippen molar-refractivity contribution >= 4 is 23.3 Å². The van der Waals surface area contributed by atoms with Gasteiger partial charge in [0, 0.05) is 12.6 Å². The van der Waals surface area contributed by atoms with Crippen LogP contribution >= 0.6 is 0 Å². The highest BCUT2D eigenvalue weighted by molar-refractivity contribution is 5.92. The molecule has 2 rings (SSSR count). The monoisotopic (exact) mass is 406 g/mol. The van der Waals surface area contributed by atoms with E-state index in [0.717, 1.165) is 25.3 Å². The van der Waals surface area contributed by atoms with E-state index < -0.39 is 23.5 Å². The van der Waals surface area contributed by atoms with Crippen molar-refractivity contribution in [1.82, 2.24) is 0 Å². The number of esters is 2. The van der Waals surface area contributed by atoms with E-state index >= 15 is 0 Å². The number of carbonyl (C=O) groups is 2. The Balaban J connectivity index is 1.96. The molecule has 0 aromatic heterocycles. The molecule has 1 fully saturated rings. The topological polar surface area (TPSA) is 108 Å². The lowest BCUT2D eigenvalue weighted by atomic mass is 9.75. The van der Waals surface area contributed by atoms with Crippen LogP contribution in [-0.2, 0) is 14.3 Å². The number of anilines is 1. The van der Waals surface area contributed by atoms with Crippen molar-refractivity contribution in [3.63, 3.8) is 0 Å². The van der Waals surface area contributed by atoms with Gasteiger partial charge >= 0.3 is 11.9 Å². The number of rotatable bonds is 8. The zero-order valence-electron chi connectivity index (χ0n) is 17.5. The Morgan fingerprint density at radius 3 is 2.66 bits per heavy atom. The SMILES string of the molecule is CCNc1ccc(C(=O)OCC(=O)OC2CC(C)CCC2C(C)C)cc1[N+](=O)[O-]. The third-order valence-corrected chi connectivity index (χ3v) is 5.36. The minimum Gasteiger partial charge on any atom is -0.460 e. The molecule has 3 atom stereocenters. The molecule has 0 radical (unpaired) electrons. The molecule has 0 bridgehead atoms. The normalized spacial score (nSPS) is 21.5. The number of carbonyl (C=O) groups excluding carboxylic acids is 2. The minimum atomic E-state index is -0.800. The first-order valence-corrected chi connectivity index (χ1v) is 10.1. The highest BCUT2D eigenvalue weighted by Gasteiger charge is 2.33. The van der Waals surface area contributed by atoms with Gasteiger partial charge in [0.2, 0.25) is 0 Å². The van der Waals surface area contributed by atoms with Crippen LogP contribution in [0.5, 0.6) is 0 Å². The number of hydrogen-bond donors (Lipinski definition) is 1. The van der Waals surface area contributed by atoms with E-state index in [1.165, 1.54) is 12.1 Å². The standard InChI is InChI=1S/C21H30N2O6/c1-5-22-17-9-7-15(11-18(17)23(26)27)21(25)28-12-20(24)29-19-10-14(4)6-8-16(19)13(2)3/h7,9,11,13-14,16,19,22H,5-6,8,10,12H2,1-4H3. The first-order chi connectivity index (χ1) is 13.7. The summed E-state index contributed by atoms with van der Waals surface area (Å²) in [5, 5.41) is 14.1. The summed E-state index contributed by atoms with van der Waals surface area (Å²) in [6.07, 6.45) is 2.76. The second-order valence-corrected chi connectivity index (χ2v) is 7.95. The number of hydrogen-bond acceptors (Lipinski definition) is 7. The van der Waals surface area contributed by atoms with Crippen molar-refractivity contribution in [2.75, 3.05) is 18.5 Å². The van der Waals surface area contributed by atoms with E-state index in [0.29, 0.717) is 30.0 Å². The van der Waals surface area contributed by atoms with Gasteiger partial charge in [0.25, 0.3) is 5.69 Å². The lowest BCUT2D eigenvalue weighted by molar-refractivity contribution is -0.384. The number of nitrogens with zero attached hydrogens (tertiary/aromatic N) is 1. The Kier molecular flexibility index (Phi) is 7.99. The second kappa shape index (κ2) is 10.2. The van der Waals surface area contributed by atoms with Crippen molar-refractivity contribution < 1.29 is 24.0 Å². The predicted molar refractivity (Wildman–Crippen MR) is 109 cm³/mol. The maximum absolute atomic E-state index is 12.2. The Bertz CT molecular complexity index is 749. The molecule has 1 aliphatic carbocycles. The quantitative estimate of drug-likeness (QED) is 0.392. The number of benzene rings is 1. The molecule has 1 aromatic rings. The first-order valence-electron chi connectivity index (χ1n) is 10.1. The third-order valence-electron chi connectivity index (χ3n) is 5.36. The van der Waals surface area contributed by atoms with Gasteiger partial charge in [0.1, 0.15) is 11.8 Å². The Morgan fingerprint density at radius 2 is 2.03 bits per heavy atom. The largest absolute Gasteiger partial charge is 0.460 e. The van der Waals surface area contributed by atoms with Crippen LogP contribution in [0.25, 0.3) is 0 Å². The summed E-state index contributed by atoms with van der Waals surface area (Å²) in [7, 11) is 0. The van der Waals surface area contributed by atoms with Gasteiger partial charge in [0.15, 0.2) is 6.61 Å². The third kappa shape index (κ3) is 6.17. The zero-order chi connectivity index (χ0) is 21.6. The van der Waals surface area contributed by atoms with Crippen molar-refractivity contribution in [3.8, 4) is 0 Å². The lowest BCUT2D eigenvalue weighted by Crippen LogP contribution is -2.36. The van der Waals surface area contributed by atoms with Gasteiger partial charge in [-0.05, 0) is 49.7 Å². The number of ether oxygens (including phenoxy) is 2. The highest BCUT2D eigenvalue weighted by Crippen LogP contribution is 2.35. The zero-order valence-corrected chi connectivity index (χ0v) is 17.5. The summed E-state index contributed by atoms with van der Waals surface area (Å²) in [4.78, 5) is 35.1. The van der Waals surface area contributed by atoms with Crippen molar-refractivity contribution in [3.05, 3.63) is 33.9 Å². The first kappa shape index (κ1) is 22.6. The van der Waals surface area contributed by atoms with Gasteiger partial charge in [0.05, 0.1) is 10.5 Å². The van der Waals surface area contributed by atoms with Crippen LogP contribution in [0.4, 0.5) is 11.4 Å². The summed E-state index contributed by atoms with van der Waals surface area (Å²) in [6, 6.07) is 4.02. The van der Waals surface area contributed by atoms with E-state index in [4.69, 9.17) is 9.47 Å². The van der Waals surface area contributed by atoms with Gasteiger partial charge in [-0.2, -0.15) is 0 Å². The maximum Gasteiger partial charge on any atom is 0.344 e. The minimum absolute atomic E-state index is 0.0116. The molecule has 0 amide bonds. The summed E-state index contributed by atoms with van der Waals surface area (Å²) < 4.78 is 10.6. The number of nitro benzene ring substituents is 1. The molecule has 1 N–H and O–H groups in total. The van der Waals surface area contributed by atoms with Gasteiger partial charge in [-0.15, -0.1) is 0 Å². The predicted octanol–water partition coefficient (Wildman–Crippen LogP) is 4.19. The molecular formula is C21H30N2O6. The average Bonchev–Trinajstić information content (AvgIpc) is 2.66. The van der Waals surface area contributed by atoms with Gasteiger partial charge < -0.3 is 14.8 Å².